The minimum Gasteiger partial charge on any atom is -0.487 e. The Morgan fingerprint density at radius 3 is 2.77 bits per heavy atom. The van der Waals surface area contributed by atoms with Crippen LogP contribution in [0.4, 0.5) is 0 Å². The van der Waals surface area contributed by atoms with Gasteiger partial charge in [0.05, 0.1) is 12.5 Å². The normalized spacial score (nSPS) is 20.4. The molecule has 1 aromatic heterocycles. The zero-order chi connectivity index (χ0) is 18.1. The summed E-state index contributed by atoms with van der Waals surface area (Å²) in [7, 11) is 0. The molecule has 7 heteroatoms. The van der Waals surface area contributed by atoms with Crippen LogP contribution in [0.25, 0.3) is 0 Å². The fourth-order valence-corrected chi connectivity index (χ4v) is 4.06. The number of para-hydroxylation sites is 1. The highest BCUT2D eigenvalue weighted by molar-refractivity contribution is 5.79. The lowest BCUT2D eigenvalue weighted by Gasteiger charge is -2.40. The zero-order valence-corrected chi connectivity index (χ0v) is 14.3. The van der Waals surface area contributed by atoms with Crippen molar-refractivity contribution in [3.8, 4) is 5.75 Å². The third kappa shape index (κ3) is 3.16. The Hall–Kier alpha value is -2.83. The number of ether oxygens (including phenoxy) is 1. The van der Waals surface area contributed by atoms with Crippen molar-refractivity contribution in [3.63, 3.8) is 0 Å². The molecule has 2 aliphatic rings. The second kappa shape index (κ2) is 6.48. The number of rotatable bonds is 3. The summed E-state index contributed by atoms with van der Waals surface area (Å²) in [6.07, 6.45) is 6.19. The molecule has 1 aliphatic carbocycles. The first-order chi connectivity index (χ1) is 12.5. The maximum absolute atomic E-state index is 12.5. The summed E-state index contributed by atoms with van der Waals surface area (Å²) in [6.45, 7) is 0. The molecule has 1 aromatic carbocycles. The van der Waals surface area contributed by atoms with Gasteiger partial charge in [-0.2, -0.15) is 0 Å². The Bertz CT molecular complexity index is 940. The van der Waals surface area contributed by atoms with E-state index in [-0.39, 0.29) is 29.5 Å². The Kier molecular flexibility index (Phi) is 4.14. The van der Waals surface area contributed by atoms with Crippen molar-refractivity contribution in [1.29, 1.82) is 0 Å². The highest BCUT2D eigenvalue weighted by atomic mass is 16.5. The molecule has 1 saturated carbocycles. The van der Waals surface area contributed by atoms with Crippen LogP contribution in [0.5, 0.6) is 5.75 Å². The molecular formula is C19H21N3O4. The van der Waals surface area contributed by atoms with E-state index in [2.05, 4.69) is 15.3 Å². The number of fused-ring (bicyclic) bond motifs is 1. The van der Waals surface area contributed by atoms with Crippen molar-refractivity contribution in [2.24, 2.45) is 0 Å². The molecule has 1 aliphatic heterocycles. The van der Waals surface area contributed by atoms with Crippen molar-refractivity contribution < 1.29 is 9.53 Å². The summed E-state index contributed by atoms with van der Waals surface area (Å²) in [5, 5.41) is 3.05. The lowest BCUT2D eigenvalue weighted by Crippen LogP contribution is -2.44. The maximum Gasteiger partial charge on any atom is 0.325 e. The number of benzene rings is 1. The molecule has 26 heavy (non-hydrogen) atoms. The van der Waals surface area contributed by atoms with E-state index >= 15 is 0 Å². The molecule has 2 aromatic rings. The quantitative estimate of drug-likeness (QED) is 0.777. The van der Waals surface area contributed by atoms with Gasteiger partial charge >= 0.3 is 5.69 Å². The third-order valence-electron chi connectivity index (χ3n) is 5.29. The molecule has 1 amide bonds. The van der Waals surface area contributed by atoms with Gasteiger partial charge in [-0.1, -0.05) is 18.2 Å². The van der Waals surface area contributed by atoms with Crippen molar-refractivity contribution in [3.05, 3.63) is 62.4 Å². The van der Waals surface area contributed by atoms with E-state index in [1.54, 1.807) is 0 Å². The zero-order valence-electron chi connectivity index (χ0n) is 14.3. The minimum atomic E-state index is -0.583. The Balaban J connectivity index is 1.55. The average molecular weight is 355 g/mol. The number of aromatic amines is 2. The maximum atomic E-state index is 12.5. The predicted octanol–water partition coefficient (Wildman–Crippen LogP) is 1.56. The lowest BCUT2D eigenvalue weighted by molar-refractivity contribution is -0.121. The van der Waals surface area contributed by atoms with Crippen LogP contribution in [0.2, 0.25) is 0 Å². The summed E-state index contributed by atoms with van der Waals surface area (Å²) in [5.41, 5.74) is -0.127. The van der Waals surface area contributed by atoms with Gasteiger partial charge in [-0.25, -0.2) is 4.79 Å². The Morgan fingerprint density at radius 2 is 2.00 bits per heavy atom. The number of hydrogen-bond donors (Lipinski definition) is 3. The van der Waals surface area contributed by atoms with E-state index in [1.807, 2.05) is 24.3 Å². The van der Waals surface area contributed by atoms with Gasteiger partial charge in [-0.15, -0.1) is 0 Å². The van der Waals surface area contributed by atoms with Crippen LogP contribution in [0, 0.1) is 0 Å². The van der Waals surface area contributed by atoms with Gasteiger partial charge in [0.2, 0.25) is 5.91 Å². The molecule has 2 heterocycles. The lowest BCUT2D eigenvalue weighted by atomic mass is 9.86. The van der Waals surface area contributed by atoms with Crippen LogP contribution < -0.4 is 21.3 Å². The first-order valence-corrected chi connectivity index (χ1v) is 8.93. The van der Waals surface area contributed by atoms with Gasteiger partial charge in [0.15, 0.2) is 0 Å². The van der Waals surface area contributed by atoms with Crippen molar-refractivity contribution >= 4 is 5.91 Å². The van der Waals surface area contributed by atoms with Crippen LogP contribution in [-0.2, 0) is 11.2 Å². The van der Waals surface area contributed by atoms with Crippen molar-refractivity contribution in [2.75, 3.05) is 0 Å². The third-order valence-corrected chi connectivity index (χ3v) is 5.29. The van der Waals surface area contributed by atoms with Crippen molar-refractivity contribution in [2.45, 2.75) is 50.2 Å². The molecule has 1 unspecified atom stereocenters. The number of H-pyrrole nitrogens is 2. The van der Waals surface area contributed by atoms with Gasteiger partial charge < -0.3 is 15.0 Å². The van der Waals surface area contributed by atoms with Gasteiger partial charge in [0, 0.05) is 23.7 Å². The van der Waals surface area contributed by atoms with Crippen LogP contribution in [-0.4, -0.2) is 21.5 Å². The molecule has 1 fully saturated rings. The standard InChI is InChI=1S/C19H21N3O4/c23-16(9-12-11-20-18(25)22-17(12)24)21-14-10-19(7-3-4-8-19)26-15-6-2-1-5-13(14)15/h1-2,5-6,11,14H,3-4,7-10H2,(H,21,23)(H2,20,22,24,25). The molecular weight excluding hydrogens is 334 g/mol. The number of carbonyl (C=O) groups is 1. The van der Waals surface area contributed by atoms with E-state index in [0.717, 1.165) is 43.4 Å². The van der Waals surface area contributed by atoms with Crippen LogP contribution in [0.15, 0.2) is 40.1 Å². The van der Waals surface area contributed by atoms with Gasteiger partial charge in [-0.3, -0.25) is 14.6 Å². The predicted molar refractivity (Wildman–Crippen MR) is 95.2 cm³/mol. The topological polar surface area (TPSA) is 104 Å². The summed E-state index contributed by atoms with van der Waals surface area (Å²) in [4.78, 5) is 40.0. The van der Waals surface area contributed by atoms with Crippen molar-refractivity contribution in [1.82, 2.24) is 15.3 Å². The van der Waals surface area contributed by atoms with E-state index in [1.165, 1.54) is 6.20 Å². The number of amides is 1. The highest BCUT2D eigenvalue weighted by Gasteiger charge is 2.43. The summed E-state index contributed by atoms with van der Waals surface area (Å²) < 4.78 is 6.30. The highest BCUT2D eigenvalue weighted by Crippen LogP contribution is 2.46. The molecule has 0 saturated heterocycles. The van der Waals surface area contributed by atoms with Gasteiger partial charge in [0.1, 0.15) is 11.4 Å². The molecule has 1 spiro atoms. The summed E-state index contributed by atoms with van der Waals surface area (Å²) in [6, 6.07) is 7.63. The SMILES string of the molecule is O=C(Cc1c[nH]c(=O)[nH]c1=O)NC1CC2(CCCC2)Oc2ccccc21. The van der Waals surface area contributed by atoms with Crippen LogP contribution in [0.1, 0.15) is 49.3 Å². The fraction of sp³-hybridized carbons (Fsp3) is 0.421. The first kappa shape index (κ1) is 16.6. The molecule has 0 radical (unpaired) electrons. The van der Waals surface area contributed by atoms with E-state index in [9.17, 15) is 14.4 Å². The number of hydrogen-bond acceptors (Lipinski definition) is 4. The van der Waals surface area contributed by atoms with Gasteiger partial charge in [0.25, 0.3) is 5.56 Å². The number of nitrogens with one attached hydrogen (secondary N) is 3. The van der Waals surface area contributed by atoms with E-state index in [4.69, 9.17) is 4.74 Å². The van der Waals surface area contributed by atoms with Crippen LogP contribution >= 0.6 is 0 Å². The summed E-state index contributed by atoms with van der Waals surface area (Å²) in [5.74, 6) is 0.574. The molecule has 136 valence electrons. The summed E-state index contributed by atoms with van der Waals surface area (Å²) >= 11 is 0. The first-order valence-electron chi connectivity index (χ1n) is 8.93. The molecule has 3 N–H and O–H groups in total. The van der Waals surface area contributed by atoms with Gasteiger partial charge in [-0.05, 0) is 31.7 Å². The van der Waals surface area contributed by atoms with E-state index < -0.39 is 11.2 Å². The smallest absolute Gasteiger partial charge is 0.325 e. The Morgan fingerprint density at radius 1 is 1.23 bits per heavy atom. The van der Waals surface area contributed by atoms with E-state index in [0.29, 0.717) is 0 Å². The largest absolute Gasteiger partial charge is 0.487 e. The average Bonchev–Trinajstić information content (AvgIpc) is 3.05. The molecule has 7 nitrogen and oxygen atoms in total. The molecule has 4 rings (SSSR count). The molecule has 1 atom stereocenters. The number of carbonyl (C=O) groups excluding carboxylic acids is 1. The monoisotopic (exact) mass is 355 g/mol. The second-order valence-electron chi connectivity index (χ2n) is 7.13. The molecule has 0 bridgehead atoms. The minimum absolute atomic E-state index is 0.0847. The Labute approximate surface area is 149 Å². The number of aromatic nitrogens is 2. The van der Waals surface area contributed by atoms with Crippen LogP contribution in [0.3, 0.4) is 0 Å². The fourth-order valence-electron chi connectivity index (χ4n) is 4.06. The second-order valence-corrected chi connectivity index (χ2v) is 7.13.